The van der Waals surface area contributed by atoms with Crippen molar-refractivity contribution < 1.29 is 17.9 Å². The molecule has 0 aliphatic heterocycles. The van der Waals surface area contributed by atoms with Crippen LogP contribution < -0.4 is 5.73 Å². The topological polar surface area (TPSA) is 40.2 Å². The lowest BCUT2D eigenvalue weighted by Gasteiger charge is -2.09. The zero-order valence-corrected chi connectivity index (χ0v) is 10.4. The van der Waals surface area contributed by atoms with E-state index >= 15 is 0 Å². The zero-order valence-electron chi connectivity index (χ0n) is 10.4. The first-order chi connectivity index (χ1) is 8.42. The van der Waals surface area contributed by atoms with Crippen molar-refractivity contribution in [2.24, 2.45) is 5.73 Å². The normalized spacial score (nSPS) is 13.8. The van der Waals surface area contributed by atoms with Gasteiger partial charge in [-0.3, -0.25) is 0 Å². The summed E-state index contributed by atoms with van der Waals surface area (Å²) in [6.07, 6.45) is 1.31. The number of hydrogen-bond donors (Lipinski definition) is 1. The molecule has 0 saturated heterocycles. The molecule has 1 aromatic rings. The van der Waals surface area contributed by atoms with Crippen LogP contribution >= 0.6 is 0 Å². The third-order valence-electron chi connectivity index (χ3n) is 2.56. The van der Waals surface area contributed by atoms with Gasteiger partial charge in [-0.2, -0.15) is 13.2 Å². The molecular formula is C12H19F3N2O. The van der Waals surface area contributed by atoms with Crippen LogP contribution in [0.2, 0.25) is 0 Å². The second-order valence-electron chi connectivity index (χ2n) is 4.25. The number of ether oxygens (including phenoxy) is 1. The van der Waals surface area contributed by atoms with Crippen LogP contribution in [0.25, 0.3) is 0 Å². The number of alkyl halides is 3. The number of hydrogen-bond acceptors (Lipinski definition) is 2. The van der Waals surface area contributed by atoms with E-state index in [-0.39, 0.29) is 12.6 Å². The second kappa shape index (κ2) is 6.80. The third-order valence-corrected chi connectivity index (χ3v) is 2.56. The summed E-state index contributed by atoms with van der Waals surface area (Å²) in [5.74, 6) is 0. The molecule has 1 heterocycles. The van der Waals surface area contributed by atoms with Gasteiger partial charge in [-0.15, -0.1) is 0 Å². The summed E-state index contributed by atoms with van der Waals surface area (Å²) in [4.78, 5) is 0. The maximum Gasteiger partial charge on any atom is 0.411 e. The quantitative estimate of drug-likeness (QED) is 0.769. The van der Waals surface area contributed by atoms with E-state index in [1.54, 1.807) is 4.57 Å². The van der Waals surface area contributed by atoms with Gasteiger partial charge in [0, 0.05) is 25.0 Å². The summed E-state index contributed by atoms with van der Waals surface area (Å²) in [6.45, 7) is 1.30. The van der Waals surface area contributed by atoms with Gasteiger partial charge in [0.2, 0.25) is 0 Å². The maximum absolute atomic E-state index is 11.8. The third kappa shape index (κ3) is 5.55. The van der Waals surface area contributed by atoms with E-state index in [1.165, 1.54) is 0 Å². The van der Waals surface area contributed by atoms with Crippen LogP contribution in [0.4, 0.5) is 13.2 Å². The molecule has 1 atom stereocenters. The van der Waals surface area contributed by atoms with Crippen molar-refractivity contribution in [2.75, 3.05) is 13.2 Å². The molecule has 18 heavy (non-hydrogen) atoms. The first kappa shape index (κ1) is 15.0. The fourth-order valence-electron chi connectivity index (χ4n) is 1.65. The van der Waals surface area contributed by atoms with Crippen molar-refractivity contribution in [2.45, 2.75) is 38.5 Å². The first-order valence-electron chi connectivity index (χ1n) is 5.98. The van der Waals surface area contributed by atoms with Gasteiger partial charge < -0.3 is 15.0 Å². The summed E-state index contributed by atoms with van der Waals surface area (Å²) in [6, 6.07) is 1.89. The summed E-state index contributed by atoms with van der Waals surface area (Å²) in [7, 11) is 0. The van der Waals surface area contributed by atoms with Gasteiger partial charge in [-0.1, -0.05) is 13.3 Å². The Morgan fingerprint density at radius 1 is 1.44 bits per heavy atom. The van der Waals surface area contributed by atoms with Gasteiger partial charge in [0.25, 0.3) is 0 Å². The van der Waals surface area contributed by atoms with Crippen molar-refractivity contribution in [3.05, 3.63) is 24.0 Å². The smallest absolute Gasteiger partial charge is 0.370 e. The molecule has 0 bridgehead atoms. The molecule has 6 heteroatoms. The van der Waals surface area contributed by atoms with Crippen molar-refractivity contribution in [1.29, 1.82) is 0 Å². The van der Waals surface area contributed by atoms with E-state index in [9.17, 15) is 13.2 Å². The fraction of sp³-hybridized carbons (Fsp3) is 0.667. The minimum atomic E-state index is -4.26. The monoisotopic (exact) mass is 264 g/mol. The predicted octanol–water partition coefficient (Wildman–Crippen LogP) is 2.87. The Kier molecular flexibility index (Phi) is 5.68. The van der Waals surface area contributed by atoms with Crippen LogP contribution in [0.5, 0.6) is 0 Å². The fourth-order valence-corrected chi connectivity index (χ4v) is 1.65. The summed E-state index contributed by atoms with van der Waals surface area (Å²) < 4.78 is 41.8. The number of rotatable bonds is 7. The molecule has 3 nitrogen and oxygen atoms in total. The maximum atomic E-state index is 11.8. The lowest BCUT2D eigenvalue weighted by molar-refractivity contribution is -0.174. The van der Waals surface area contributed by atoms with E-state index in [1.807, 2.05) is 18.5 Å². The number of aromatic nitrogens is 1. The highest BCUT2D eigenvalue weighted by Crippen LogP contribution is 2.16. The zero-order chi connectivity index (χ0) is 13.6. The molecule has 0 aromatic carbocycles. The minimum absolute atomic E-state index is 0.00709. The second-order valence-corrected chi connectivity index (χ2v) is 4.25. The molecule has 0 saturated carbocycles. The molecule has 0 amide bonds. The molecular weight excluding hydrogens is 245 g/mol. The summed E-state index contributed by atoms with van der Waals surface area (Å²) in [5.41, 5.74) is 6.94. The lowest BCUT2D eigenvalue weighted by Crippen LogP contribution is -2.18. The van der Waals surface area contributed by atoms with Gasteiger partial charge in [0.05, 0.1) is 6.61 Å². The Morgan fingerprint density at radius 2 is 2.17 bits per heavy atom. The minimum Gasteiger partial charge on any atom is -0.370 e. The van der Waals surface area contributed by atoms with E-state index in [4.69, 9.17) is 5.73 Å². The first-order valence-corrected chi connectivity index (χ1v) is 5.98. The molecule has 0 radical (unpaired) electrons. The highest BCUT2D eigenvalue weighted by Gasteiger charge is 2.27. The molecule has 1 aromatic heterocycles. The summed E-state index contributed by atoms with van der Waals surface area (Å²) >= 11 is 0. The number of nitrogens with zero attached hydrogens (tertiary/aromatic N) is 1. The van der Waals surface area contributed by atoms with E-state index in [2.05, 4.69) is 11.7 Å². The predicted molar refractivity (Wildman–Crippen MR) is 63.1 cm³/mol. The van der Waals surface area contributed by atoms with Crippen molar-refractivity contribution in [1.82, 2.24) is 4.57 Å². The van der Waals surface area contributed by atoms with E-state index < -0.39 is 12.8 Å². The Balaban J connectivity index is 2.31. The molecule has 0 fully saturated rings. The Labute approximate surface area is 105 Å². The van der Waals surface area contributed by atoms with Gasteiger partial charge in [0.1, 0.15) is 6.61 Å². The highest BCUT2D eigenvalue weighted by atomic mass is 19.4. The Morgan fingerprint density at radius 3 is 2.78 bits per heavy atom. The number of nitrogens with two attached hydrogens (primary N) is 1. The van der Waals surface area contributed by atoms with Gasteiger partial charge in [0.15, 0.2) is 0 Å². The van der Waals surface area contributed by atoms with Crippen LogP contribution in [-0.2, 0) is 11.3 Å². The molecule has 0 aliphatic rings. The van der Waals surface area contributed by atoms with E-state index in [0.29, 0.717) is 6.54 Å². The Hall–Kier alpha value is -1.01. The molecule has 1 unspecified atom stereocenters. The number of halogens is 3. The van der Waals surface area contributed by atoms with Gasteiger partial charge >= 0.3 is 6.18 Å². The molecule has 0 aliphatic carbocycles. The SMILES string of the molecule is CCCC(N)c1ccn(CCOCC(F)(F)F)c1. The van der Waals surface area contributed by atoms with Crippen LogP contribution in [0.15, 0.2) is 18.5 Å². The standard InChI is InChI=1S/C12H19F3N2O/c1-2-3-11(16)10-4-5-17(8-10)6-7-18-9-12(13,14)15/h4-5,8,11H,2-3,6-7,9,16H2,1H3. The van der Waals surface area contributed by atoms with Crippen LogP contribution in [-0.4, -0.2) is 24.0 Å². The Bertz CT molecular complexity index is 349. The van der Waals surface area contributed by atoms with Crippen molar-refractivity contribution in [3.63, 3.8) is 0 Å². The van der Waals surface area contributed by atoms with Crippen LogP contribution in [0.1, 0.15) is 31.4 Å². The largest absolute Gasteiger partial charge is 0.411 e. The average molecular weight is 264 g/mol. The molecule has 1 rings (SSSR count). The van der Waals surface area contributed by atoms with Crippen LogP contribution in [0, 0.1) is 0 Å². The van der Waals surface area contributed by atoms with Gasteiger partial charge in [-0.25, -0.2) is 0 Å². The van der Waals surface area contributed by atoms with Crippen LogP contribution in [0.3, 0.4) is 0 Å². The average Bonchev–Trinajstić information content (AvgIpc) is 2.72. The van der Waals surface area contributed by atoms with E-state index in [0.717, 1.165) is 18.4 Å². The molecule has 104 valence electrons. The van der Waals surface area contributed by atoms with Gasteiger partial charge in [-0.05, 0) is 18.1 Å². The molecule has 2 N–H and O–H groups in total. The highest BCUT2D eigenvalue weighted by molar-refractivity contribution is 5.14. The molecule has 0 spiro atoms. The summed E-state index contributed by atoms with van der Waals surface area (Å²) in [5, 5.41) is 0. The van der Waals surface area contributed by atoms with Crippen molar-refractivity contribution in [3.8, 4) is 0 Å². The lowest BCUT2D eigenvalue weighted by atomic mass is 10.1. The van der Waals surface area contributed by atoms with Crippen molar-refractivity contribution >= 4 is 0 Å².